The number of anilines is 1. The molecule has 1 atom stereocenters. The first-order valence-electron chi connectivity index (χ1n) is 5.45. The van der Waals surface area contributed by atoms with Gasteiger partial charge in [-0.15, -0.1) is 0 Å². The van der Waals surface area contributed by atoms with Gasteiger partial charge in [0.2, 0.25) is 5.91 Å². The minimum Gasteiger partial charge on any atom is -0.495 e. The molecule has 0 bridgehead atoms. The van der Waals surface area contributed by atoms with Gasteiger partial charge in [0.1, 0.15) is 5.75 Å². The van der Waals surface area contributed by atoms with Gasteiger partial charge >= 0.3 is 0 Å². The van der Waals surface area contributed by atoms with Gasteiger partial charge in [0, 0.05) is 6.54 Å². The van der Waals surface area contributed by atoms with E-state index in [-0.39, 0.29) is 19.0 Å². The van der Waals surface area contributed by atoms with Crippen molar-refractivity contribution in [2.75, 3.05) is 25.5 Å². The van der Waals surface area contributed by atoms with Gasteiger partial charge < -0.3 is 20.5 Å². The Morgan fingerprint density at radius 3 is 2.82 bits per heavy atom. The maximum Gasteiger partial charge on any atom is 0.239 e. The average Bonchev–Trinajstić information content (AvgIpc) is 2.34. The zero-order valence-corrected chi connectivity index (χ0v) is 10.1. The van der Waals surface area contributed by atoms with E-state index in [4.69, 9.17) is 9.84 Å². The summed E-state index contributed by atoms with van der Waals surface area (Å²) in [7, 11) is 1.58. The smallest absolute Gasteiger partial charge is 0.239 e. The van der Waals surface area contributed by atoms with Crippen LogP contribution in [-0.2, 0) is 4.79 Å². The summed E-state index contributed by atoms with van der Waals surface area (Å²) < 4.78 is 5.14. The minimum atomic E-state index is -0.537. The normalized spacial score (nSPS) is 11.7. The van der Waals surface area contributed by atoms with Crippen LogP contribution in [-0.4, -0.2) is 37.3 Å². The summed E-state index contributed by atoms with van der Waals surface area (Å²) >= 11 is 0. The highest BCUT2D eigenvalue weighted by atomic mass is 16.5. The molecule has 0 fully saturated rings. The Hall–Kier alpha value is -1.75. The molecule has 0 aromatic heterocycles. The van der Waals surface area contributed by atoms with Crippen molar-refractivity contribution in [2.24, 2.45) is 0 Å². The van der Waals surface area contributed by atoms with Gasteiger partial charge in [-0.05, 0) is 19.1 Å². The molecule has 1 aromatic rings. The second-order valence-corrected chi connectivity index (χ2v) is 3.71. The first-order chi connectivity index (χ1) is 8.13. The molecule has 3 N–H and O–H groups in total. The minimum absolute atomic E-state index is 0.146. The number of aliphatic hydroxyl groups excluding tert-OH is 1. The van der Waals surface area contributed by atoms with Crippen LogP contribution in [0.2, 0.25) is 0 Å². The molecular weight excluding hydrogens is 220 g/mol. The summed E-state index contributed by atoms with van der Waals surface area (Å²) in [6.07, 6.45) is -0.537. The summed E-state index contributed by atoms with van der Waals surface area (Å²) in [5, 5.41) is 14.6. The number of rotatable bonds is 6. The third-order valence-electron chi connectivity index (χ3n) is 2.14. The van der Waals surface area contributed by atoms with Gasteiger partial charge in [-0.3, -0.25) is 4.79 Å². The van der Waals surface area contributed by atoms with Crippen LogP contribution in [0.5, 0.6) is 5.75 Å². The molecule has 1 aromatic carbocycles. The Kier molecular flexibility index (Phi) is 5.29. The van der Waals surface area contributed by atoms with Gasteiger partial charge in [-0.1, -0.05) is 12.1 Å². The van der Waals surface area contributed by atoms with Gasteiger partial charge in [-0.2, -0.15) is 0 Å². The molecule has 0 aliphatic carbocycles. The van der Waals surface area contributed by atoms with E-state index in [0.717, 1.165) is 5.69 Å². The number of benzene rings is 1. The van der Waals surface area contributed by atoms with Crippen molar-refractivity contribution in [1.82, 2.24) is 5.32 Å². The number of aliphatic hydroxyl groups is 1. The second-order valence-electron chi connectivity index (χ2n) is 3.71. The fraction of sp³-hybridized carbons (Fsp3) is 0.417. The predicted octanol–water partition coefficient (Wildman–Crippen LogP) is 0.604. The maximum atomic E-state index is 11.4. The van der Waals surface area contributed by atoms with Crippen molar-refractivity contribution < 1.29 is 14.6 Å². The lowest BCUT2D eigenvalue weighted by Crippen LogP contribution is -2.34. The van der Waals surface area contributed by atoms with Gasteiger partial charge in [0.05, 0.1) is 25.4 Å². The summed E-state index contributed by atoms with van der Waals surface area (Å²) in [5.41, 5.74) is 0.766. The number of carbonyl (C=O) groups excluding carboxylic acids is 1. The van der Waals surface area contributed by atoms with Crippen molar-refractivity contribution >= 4 is 11.6 Å². The summed E-state index contributed by atoms with van der Waals surface area (Å²) in [4.78, 5) is 11.4. The second kappa shape index (κ2) is 6.75. The van der Waals surface area contributed by atoms with Crippen LogP contribution in [0.25, 0.3) is 0 Å². The molecule has 94 valence electrons. The molecule has 0 spiro atoms. The molecule has 5 heteroatoms. The molecule has 5 nitrogen and oxygen atoms in total. The molecule has 0 saturated heterocycles. The first-order valence-corrected chi connectivity index (χ1v) is 5.45. The number of para-hydroxylation sites is 2. The third-order valence-corrected chi connectivity index (χ3v) is 2.14. The molecule has 0 radical (unpaired) electrons. The highest BCUT2D eigenvalue weighted by Crippen LogP contribution is 2.22. The van der Waals surface area contributed by atoms with E-state index in [9.17, 15) is 4.79 Å². The largest absolute Gasteiger partial charge is 0.495 e. The summed E-state index contributed by atoms with van der Waals surface area (Å²) in [6.45, 7) is 2.02. The standard InChI is InChI=1S/C12H18N2O3/c1-9(15)7-14-12(16)8-13-10-5-3-4-6-11(10)17-2/h3-6,9,13,15H,7-8H2,1-2H3,(H,14,16). The van der Waals surface area contributed by atoms with Crippen molar-refractivity contribution in [3.05, 3.63) is 24.3 Å². The van der Waals surface area contributed by atoms with Gasteiger partial charge in [-0.25, -0.2) is 0 Å². The van der Waals surface area contributed by atoms with Crippen LogP contribution in [0.1, 0.15) is 6.92 Å². The number of hydrogen-bond acceptors (Lipinski definition) is 4. The first kappa shape index (κ1) is 13.3. The van der Waals surface area contributed by atoms with Gasteiger partial charge in [0.15, 0.2) is 0 Å². The summed E-state index contributed by atoms with van der Waals surface area (Å²) in [6, 6.07) is 7.37. The van der Waals surface area contributed by atoms with Crippen molar-refractivity contribution in [3.63, 3.8) is 0 Å². The maximum absolute atomic E-state index is 11.4. The topological polar surface area (TPSA) is 70.6 Å². The van der Waals surface area contributed by atoms with E-state index < -0.39 is 6.10 Å². The number of amides is 1. The fourth-order valence-corrected chi connectivity index (χ4v) is 1.29. The lowest BCUT2D eigenvalue weighted by atomic mass is 10.3. The van der Waals surface area contributed by atoms with E-state index >= 15 is 0 Å². The Morgan fingerprint density at radius 2 is 2.18 bits per heavy atom. The van der Waals surface area contributed by atoms with Crippen LogP contribution >= 0.6 is 0 Å². The predicted molar refractivity (Wildman–Crippen MR) is 66.2 cm³/mol. The van der Waals surface area contributed by atoms with Crippen molar-refractivity contribution in [2.45, 2.75) is 13.0 Å². The molecule has 1 amide bonds. The Bertz CT molecular complexity index is 367. The fourth-order valence-electron chi connectivity index (χ4n) is 1.29. The van der Waals surface area contributed by atoms with Crippen LogP contribution < -0.4 is 15.4 Å². The molecule has 17 heavy (non-hydrogen) atoms. The monoisotopic (exact) mass is 238 g/mol. The molecule has 1 unspecified atom stereocenters. The van der Waals surface area contributed by atoms with E-state index in [2.05, 4.69) is 10.6 Å². The van der Waals surface area contributed by atoms with E-state index in [1.807, 2.05) is 24.3 Å². The lowest BCUT2D eigenvalue weighted by molar-refractivity contribution is -0.119. The zero-order valence-electron chi connectivity index (χ0n) is 10.1. The third kappa shape index (κ3) is 4.74. The number of carbonyl (C=O) groups is 1. The lowest BCUT2D eigenvalue weighted by Gasteiger charge is -2.11. The molecule has 0 saturated carbocycles. The van der Waals surface area contributed by atoms with Crippen molar-refractivity contribution in [1.29, 1.82) is 0 Å². The number of nitrogens with one attached hydrogen (secondary N) is 2. The van der Waals surface area contributed by atoms with Crippen LogP contribution in [0.4, 0.5) is 5.69 Å². The summed E-state index contributed by atoms with van der Waals surface area (Å²) in [5.74, 6) is 0.521. The van der Waals surface area contributed by atoms with Crippen LogP contribution in [0.3, 0.4) is 0 Å². The van der Waals surface area contributed by atoms with E-state index in [0.29, 0.717) is 5.75 Å². The molecule has 0 aliphatic rings. The Morgan fingerprint density at radius 1 is 1.47 bits per heavy atom. The quantitative estimate of drug-likeness (QED) is 0.679. The van der Waals surface area contributed by atoms with E-state index in [1.165, 1.54) is 0 Å². The SMILES string of the molecule is COc1ccccc1NCC(=O)NCC(C)O. The number of hydrogen-bond donors (Lipinski definition) is 3. The van der Waals surface area contributed by atoms with Crippen molar-refractivity contribution in [3.8, 4) is 5.75 Å². The molecule has 0 aliphatic heterocycles. The molecule has 1 rings (SSSR count). The van der Waals surface area contributed by atoms with Crippen LogP contribution in [0, 0.1) is 0 Å². The number of methoxy groups -OCH3 is 1. The Balaban J connectivity index is 2.42. The highest BCUT2D eigenvalue weighted by Gasteiger charge is 2.05. The highest BCUT2D eigenvalue weighted by molar-refractivity contribution is 5.81. The Labute approximate surface area is 101 Å². The molecule has 0 heterocycles. The molecular formula is C12H18N2O3. The average molecular weight is 238 g/mol. The number of ether oxygens (including phenoxy) is 1. The van der Waals surface area contributed by atoms with Gasteiger partial charge in [0.25, 0.3) is 0 Å². The van der Waals surface area contributed by atoms with Crippen LogP contribution in [0.15, 0.2) is 24.3 Å². The zero-order chi connectivity index (χ0) is 12.7. The van der Waals surface area contributed by atoms with E-state index in [1.54, 1.807) is 14.0 Å².